The van der Waals surface area contributed by atoms with Crippen LogP contribution in [0.5, 0.6) is 17.2 Å². The summed E-state index contributed by atoms with van der Waals surface area (Å²) in [7, 11) is 1.44. The van der Waals surface area contributed by atoms with Crippen LogP contribution < -0.4 is 14.2 Å². The van der Waals surface area contributed by atoms with Crippen molar-refractivity contribution in [3.05, 3.63) is 91.3 Å². The highest BCUT2D eigenvalue weighted by Gasteiger charge is 2.35. The summed E-state index contributed by atoms with van der Waals surface area (Å²) in [6.07, 6.45) is 1.59. The number of imide groups is 1. The van der Waals surface area contributed by atoms with E-state index in [-0.39, 0.29) is 51.3 Å². The van der Waals surface area contributed by atoms with Gasteiger partial charge in [-0.2, -0.15) is 0 Å². The quantitative estimate of drug-likeness (QED) is 0.133. The number of esters is 1. The van der Waals surface area contributed by atoms with Crippen molar-refractivity contribution in [2.75, 3.05) is 20.3 Å². The number of hydrogen-bond donors (Lipinski definition) is 0. The highest BCUT2D eigenvalue weighted by Crippen LogP contribution is 2.40. The number of amides is 2. The van der Waals surface area contributed by atoms with Gasteiger partial charge >= 0.3 is 5.97 Å². The predicted molar refractivity (Wildman–Crippen MR) is 161 cm³/mol. The van der Waals surface area contributed by atoms with E-state index in [0.717, 1.165) is 28.6 Å². The van der Waals surface area contributed by atoms with Gasteiger partial charge in [-0.25, -0.2) is 4.79 Å². The molecular weight excluding hydrogens is 618 g/mol. The zero-order chi connectivity index (χ0) is 29.0. The van der Waals surface area contributed by atoms with Crippen LogP contribution in [-0.4, -0.2) is 42.3 Å². The minimum Gasteiger partial charge on any atom is -0.493 e. The average Bonchev–Trinajstić information content (AvgIpc) is 3.17. The SMILES string of the molecule is COc1cc(/C=C2\SC(=O)N(CCOc3cc(C)ccc3C(C)C)C2=O)cc(Br)c1OC(=O)c1ccccc1Cl. The van der Waals surface area contributed by atoms with E-state index in [1.165, 1.54) is 12.0 Å². The van der Waals surface area contributed by atoms with Crippen molar-refractivity contribution < 1.29 is 28.6 Å². The number of rotatable bonds is 9. The lowest BCUT2D eigenvalue weighted by molar-refractivity contribution is -0.123. The Morgan fingerprint density at radius 2 is 1.85 bits per heavy atom. The molecule has 0 spiro atoms. The van der Waals surface area contributed by atoms with Gasteiger partial charge in [-0.1, -0.05) is 49.7 Å². The van der Waals surface area contributed by atoms with Crippen LogP contribution in [0.15, 0.2) is 64.0 Å². The summed E-state index contributed by atoms with van der Waals surface area (Å²) in [5.41, 5.74) is 2.92. The lowest BCUT2D eigenvalue weighted by Crippen LogP contribution is -2.32. The molecule has 1 heterocycles. The first-order valence-corrected chi connectivity index (χ1v) is 14.4. The molecule has 0 saturated carbocycles. The van der Waals surface area contributed by atoms with Gasteiger partial charge in [0.05, 0.1) is 33.6 Å². The molecule has 0 radical (unpaired) electrons. The fourth-order valence-corrected chi connectivity index (χ4v) is 5.65. The van der Waals surface area contributed by atoms with Crippen LogP contribution >= 0.6 is 39.3 Å². The molecule has 1 fully saturated rings. The largest absolute Gasteiger partial charge is 0.493 e. The number of carbonyl (C=O) groups is 3. The molecule has 0 atom stereocenters. The molecule has 7 nitrogen and oxygen atoms in total. The Morgan fingerprint density at radius 1 is 1.10 bits per heavy atom. The Bertz CT molecular complexity index is 1510. The van der Waals surface area contributed by atoms with Crippen molar-refractivity contribution in [3.8, 4) is 17.2 Å². The summed E-state index contributed by atoms with van der Waals surface area (Å²) < 4.78 is 17.4. The maximum atomic E-state index is 13.1. The fourth-order valence-electron chi connectivity index (χ4n) is 4.03. The number of aryl methyl sites for hydroxylation is 1. The first-order valence-electron chi connectivity index (χ1n) is 12.4. The van der Waals surface area contributed by atoms with Crippen LogP contribution in [0.1, 0.15) is 46.8 Å². The van der Waals surface area contributed by atoms with Crippen molar-refractivity contribution in [3.63, 3.8) is 0 Å². The van der Waals surface area contributed by atoms with E-state index in [0.29, 0.717) is 10.0 Å². The fraction of sp³-hybridized carbons (Fsp3) is 0.233. The number of methoxy groups -OCH3 is 1. The van der Waals surface area contributed by atoms with E-state index in [2.05, 4.69) is 29.8 Å². The van der Waals surface area contributed by atoms with Crippen LogP contribution in [-0.2, 0) is 4.79 Å². The predicted octanol–water partition coefficient (Wildman–Crippen LogP) is 7.88. The number of ether oxygens (including phenoxy) is 3. The monoisotopic (exact) mass is 643 g/mol. The van der Waals surface area contributed by atoms with Crippen molar-refractivity contribution >= 4 is 62.5 Å². The van der Waals surface area contributed by atoms with Gasteiger partial charge in [-0.15, -0.1) is 0 Å². The molecule has 1 aliphatic rings. The van der Waals surface area contributed by atoms with Crippen LogP contribution in [0.4, 0.5) is 4.79 Å². The molecule has 0 bridgehead atoms. The van der Waals surface area contributed by atoms with Gasteiger partial charge in [0.15, 0.2) is 11.5 Å². The molecule has 2 amide bonds. The second-order valence-electron chi connectivity index (χ2n) is 9.28. The minimum atomic E-state index is -0.646. The van der Waals surface area contributed by atoms with Gasteiger partial charge in [0.2, 0.25) is 0 Å². The molecule has 40 heavy (non-hydrogen) atoms. The van der Waals surface area contributed by atoms with Crippen molar-refractivity contribution in [1.82, 2.24) is 4.90 Å². The van der Waals surface area contributed by atoms with Crippen LogP contribution in [0.3, 0.4) is 0 Å². The molecule has 208 valence electrons. The van der Waals surface area contributed by atoms with Crippen LogP contribution in [0.25, 0.3) is 6.08 Å². The summed E-state index contributed by atoms with van der Waals surface area (Å²) in [4.78, 5) is 39.8. The molecule has 0 unspecified atom stereocenters. The van der Waals surface area contributed by atoms with Crippen LogP contribution in [0.2, 0.25) is 5.02 Å². The first kappa shape index (κ1) is 29.7. The molecule has 3 aromatic rings. The lowest BCUT2D eigenvalue weighted by atomic mass is 10.0. The third-order valence-electron chi connectivity index (χ3n) is 6.08. The molecule has 0 aliphatic carbocycles. The van der Waals surface area contributed by atoms with Gasteiger partial charge in [-0.05, 0) is 93.6 Å². The Hall–Kier alpha value is -3.27. The van der Waals surface area contributed by atoms with Gasteiger partial charge in [-0.3, -0.25) is 14.5 Å². The number of benzene rings is 3. The van der Waals surface area contributed by atoms with Crippen molar-refractivity contribution in [2.24, 2.45) is 0 Å². The van der Waals surface area contributed by atoms with Gasteiger partial charge in [0, 0.05) is 0 Å². The van der Waals surface area contributed by atoms with Gasteiger partial charge in [0.25, 0.3) is 11.1 Å². The van der Waals surface area contributed by atoms with E-state index in [1.54, 1.807) is 42.5 Å². The van der Waals surface area contributed by atoms with E-state index >= 15 is 0 Å². The lowest BCUT2D eigenvalue weighted by Gasteiger charge is -2.17. The third kappa shape index (κ3) is 6.71. The summed E-state index contributed by atoms with van der Waals surface area (Å²) >= 11 is 10.4. The molecular formula is C30H27BrClNO6S. The van der Waals surface area contributed by atoms with E-state index in [1.807, 2.05) is 25.1 Å². The second kappa shape index (κ2) is 12.9. The Morgan fingerprint density at radius 3 is 2.55 bits per heavy atom. The molecule has 1 saturated heterocycles. The molecule has 4 rings (SSSR count). The highest BCUT2D eigenvalue weighted by atomic mass is 79.9. The standard InChI is InChI=1S/C30H27BrClNO6S/c1-17(2)20-10-9-18(3)13-24(20)38-12-11-33-28(34)26(40-30(33)36)16-19-14-22(31)27(25(15-19)37-4)39-29(35)21-7-5-6-8-23(21)32/h5-10,13-17H,11-12H2,1-4H3/b26-16-. The first-order chi connectivity index (χ1) is 19.1. The Balaban J connectivity index is 1.48. The number of thioether (sulfide) groups is 1. The van der Waals surface area contributed by atoms with Gasteiger partial charge in [0.1, 0.15) is 12.4 Å². The third-order valence-corrected chi connectivity index (χ3v) is 7.90. The van der Waals surface area contributed by atoms with Crippen molar-refractivity contribution in [2.45, 2.75) is 26.7 Å². The number of nitrogens with zero attached hydrogens (tertiary/aromatic N) is 1. The molecule has 0 N–H and O–H groups in total. The maximum absolute atomic E-state index is 13.1. The second-order valence-corrected chi connectivity index (χ2v) is 11.5. The topological polar surface area (TPSA) is 82.1 Å². The minimum absolute atomic E-state index is 0.122. The zero-order valence-electron chi connectivity index (χ0n) is 22.3. The molecule has 3 aromatic carbocycles. The highest BCUT2D eigenvalue weighted by molar-refractivity contribution is 9.10. The normalized spacial score (nSPS) is 14.3. The van der Waals surface area contributed by atoms with Gasteiger partial charge < -0.3 is 14.2 Å². The summed E-state index contributed by atoms with van der Waals surface area (Å²) in [5, 5.41) is -0.107. The number of halogens is 2. The average molecular weight is 645 g/mol. The smallest absolute Gasteiger partial charge is 0.345 e. The molecule has 1 aliphatic heterocycles. The van der Waals surface area contributed by atoms with E-state index in [9.17, 15) is 14.4 Å². The summed E-state index contributed by atoms with van der Waals surface area (Å²) in [6.45, 7) is 6.46. The van der Waals surface area contributed by atoms with Crippen LogP contribution in [0, 0.1) is 6.92 Å². The summed E-state index contributed by atoms with van der Waals surface area (Å²) in [6, 6.07) is 15.9. The Kier molecular flexibility index (Phi) is 9.60. The van der Waals surface area contributed by atoms with E-state index in [4.69, 9.17) is 25.8 Å². The Labute approximate surface area is 250 Å². The summed E-state index contributed by atoms with van der Waals surface area (Å²) in [5.74, 6) is 0.394. The molecule has 0 aromatic heterocycles. The number of carbonyl (C=O) groups excluding carboxylic acids is 3. The van der Waals surface area contributed by atoms with Crippen molar-refractivity contribution in [1.29, 1.82) is 0 Å². The number of hydrogen-bond acceptors (Lipinski definition) is 7. The zero-order valence-corrected chi connectivity index (χ0v) is 25.5. The molecule has 10 heteroatoms. The maximum Gasteiger partial charge on any atom is 0.345 e. The van der Waals surface area contributed by atoms with E-state index < -0.39 is 11.9 Å².